The van der Waals surface area contributed by atoms with E-state index in [2.05, 4.69) is 10.6 Å². The van der Waals surface area contributed by atoms with Crippen LogP contribution in [0.25, 0.3) is 0 Å². The van der Waals surface area contributed by atoms with Crippen LogP contribution in [-0.4, -0.2) is 12.6 Å². The monoisotopic (exact) mass is 234 g/mol. The van der Waals surface area contributed by atoms with Crippen molar-refractivity contribution in [1.82, 2.24) is 5.32 Å². The van der Waals surface area contributed by atoms with Gasteiger partial charge in [0, 0.05) is 6.20 Å². The fraction of sp³-hybridized carbons (Fsp3) is 0.308. The lowest BCUT2D eigenvalue weighted by Gasteiger charge is -2.10. The van der Waals surface area contributed by atoms with Crippen LogP contribution in [0.5, 0.6) is 5.75 Å². The summed E-state index contributed by atoms with van der Waals surface area (Å²) in [6.07, 6.45) is 4.38. The molecule has 1 rings (SSSR count). The first-order chi connectivity index (χ1) is 8.27. The molecule has 0 fully saturated rings. The second-order valence-corrected chi connectivity index (χ2v) is 3.34. The number of hydrogen-bond donors (Lipinski definition) is 2. The van der Waals surface area contributed by atoms with E-state index in [1.807, 2.05) is 38.1 Å². The van der Waals surface area contributed by atoms with Gasteiger partial charge in [-0.15, -0.1) is 0 Å². The number of hydrogen-bond acceptors (Lipinski definition) is 2. The van der Waals surface area contributed by atoms with Gasteiger partial charge in [0.2, 0.25) is 0 Å². The summed E-state index contributed by atoms with van der Waals surface area (Å²) >= 11 is 0. The molecule has 2 N–H and O–H groups in total. The number of amides is 2. The van der Waals surface area contributed by atoms with E-state index in [4.69, 9.17) is 4.74 Å². The molecule has 0 aromatic heterocycles. The average Bonchev–Trinajstić information content (AvgIpc) is 2.32. The Morgan fingerprint density at radius 2 is 2.12 bits per heavy atom. The number of nitrogens with one attached hydrogen (secondary N) is 2. The van der Waals surface area contributed by atoms with Gasteiger partial charge < -0.3 is 15.4 Å². The van der Waals surface area contributed by atoms with Gasteiger partial charge in [0.1, 0.15) is 5.75 Å². The van der Waals surface area contributed by atoms with Crippen molar-refractivity contribution in [3.8, 4) is 5.75 Å². The Hall–Kier alpha value is -1.97. The molecule has 0 atom stereocenters. The van der Waals surface area contributed by atoms with Crippen LogP contribution < -0.4 is 15.4 Å². The van der Waals surface area contributed by atoms with Crippen molar-refractivity contribution < 1.29 is 9.53 Å². The largest absolute Gasteiger partial charge is 0.492 e. The molecule has 4 heteroatoms. The number of para-hydroxylation sites is 2. The first-order valence-electron chi connectivity index (χ1n) is 5.72. The zero-order valence-electron chi connectivity index (χ0n) is 10.2. The molecule has 92 valence electrons. The van der Waals surface area contributed by atoms with Gasteiger partial charge in [0.15, 0.2) is 0 Å². The minimum Gasteiger partial charge on any atom is -0.492 e. The van der Waals surface area contributed by atoms with Gasteiger partial charge in [-0.3, -0.25) is 0 Å². The quantitative estimate of drug-likeness (QED) is 0.822. The smallest absolute Gasteiger partial charge is 0.323 e. The first-order valence-corrected chi connectivity index (χ1v) is 5.72. The molecule has 2 amide bonds. The second kappa shape index (κ2) is 7.33. The van der Waals surface area contributed by atoms with Gasteiger partial charge in [-0.2, -0.15) is 0 Å². The van der Waals surface area contributed by atoms with E-state index >= 15 is 0 Å². The maximum Gasteiger partial charge on any atom is 0.323 e. The molecule has 0 heterocycles. The van der Waals surface area contributed by atoms with Gasteiger partial charge in [0.25, 0.3) is 0 Å². The Morgan fingerprint density at radius 1 is 1.35 bits per heavy atom. The molecule has 0 aliphatic rings. The zero-order valence-corrected chi connectivity index (χ0v) is 10.2. The summed E-state index contributed by atoms with van der Waals surface area (Å²) in [5, 5.41) is 5.34. The van der Waals surface area contributed by atoms with Crippen LogP contribution in [0.4, 0.5) is 10.5 Å². The molecule has 0 unspecified atom stereocenters. The highest BCUT2D eigenvalue weighted by atomic mass is 16.5. The van der Waals surface area contributed by atoms with E-state index in [-0.39, 0.29) is 6.03 Å². The lowest BCUT2D eigenvalue weighted by Crippen LogP contribution is -2.24. The van der Waals surface area contributed by atoms with Crippen LogP contribution in [0.3, 0.4) is 0 Å². The van der Waals surface area contributed by atoms with Gasteiger partial charge in [-0.05, 0) is 25.5 Å². The van der Waals surface area contributed by atoms with Crippen molar-refractivity contribution in [2.24, 2.45) is 0 Å². The number of ether oxygens (including phenoxy) is 1. The summed E-state index contributed by atoms with van der Waals surface area (Å²) in [7, 11) is 0. The van der Waals surface area contributed by atoms with Gasteiger partial charge in [0.05, 0.1) is 12.3 Å². The highest BCUT2D eigenvalue weighted by Gasteiger charge is 2.04. The Balaban J connectivity index is 2.61. The predicted molar refractivity (Wildman–Crippen MR) is 69.2 cm³/mol. The lowest BCUT2D eigenvalue weighted by molar-refractivity contribution is 0.255. The second-order valence-electron chi connectivity index (χ2n) is 3.34. The number of urea groups is 1. The zero-order chi connectivity index (χ0) is 12.5. The molecule has 17 heavy (non-hydrogen) atoms. The van der Waals surface area contributed by atoms with E-state index in [0.29, 0.717) is 18.0 Å². The molecule has 4 nitrogen and oxygen atoms in total. The van der Waals surface area contributed by atoms with E-state index < -0.39 is 0 Å². The maximum atomic E-state index is 11.5. The molecule has 0 saturated heterocycles. The summed E-state index contributed by atoms with van der Waals surface area (Å²) in [6.45, 7) is 4.47. The summed E-state index contributed by atoms with van der Waals surface area (Å²) in [5.41, 5.74) is 0.664. The van der Waals surface area contributed by atoms with Crippen LogP contribution >= 0.6 is 0 Å². The Morgan fingerprint density at radius 3 is 2.82 bits per heavy atom. The lowest BCUT2D eigenvalue weighted by atomic mass is 10.3. The number of carbonyl (C=O) groups excluding carboxylic acids is 1. The van der Waals surface area contributed by atoms with Crippen LogP contribution in [0.1, 0.15) is 20.3 Å². The summed E-state index contributed by atoms with van der Waals surface area (Å²) < 4.78 is 5.40. The first kappa shape index (κ1) is 13.1. The molecular weight excluding hydrogens is 216 g/mol. The number of allylic oxidation sites excluding steroid dienone is 1. The number of carbonyl (C=O) groups is 1. The van der Waals surface area contributed by atoms with Gasteiger partial charge in [-0.25, -0.2) is 4.79 Å². The normalized spacial score (nSPS) is 10.2. The van der Waals surface area contributed by atoms with Crippen LogP contribution in [-0.2, 0) is 0 Å². The predicted octanol–water partition coefficient (Wildman–Crippen LogP) is 3.13. The third-order valence-electron chi connectivity index (χ3n) is 2.00. The molecule has 1 aromatic carbocycles. The van der Waals surface area contributed by atoms with Crippen molar-refractivity contribution in [2.75, 3.05) is 11.9 Å². The molecule has 0 spiro atoms. The van der Waals surface area contributed by atoms with Crippen LogP contribution in [0, 0.1) is 0 Å². The van der Waals surface area contributed by atoms with Gasteiger partial charge >= 0.3 is 6.03 Å². The molecule has 0 aliphatic carbocycles. The molecule has 0 bridgehead atoms. The van der Waals surface area contributed by atoms with Gasteiger partial charge in [-0.1, -0.05) is 25.1 Å². The third kappa shape index (κ3) is 4.59. The third-order valence-corrected chi connectivity index (χ3v) is 2.00. The van der Waals surface area contributed by atoms with Crippen LogP contribution in [0.15, 0.2) is 36.5 Å². The van der Waals surface area contributed by atoms with E-state index in [1.165, 1.54) is 0 Å². The Bertz CT molecular complexity index is 389. The minimum atomic E-state index is -0.276. The van der Waals surface area contributed by atoms with E-state index in [0.717, 1.165) is 6.42 Å². The average molecular weight is 234 g/mol. The minimum absolute atomic E-state index is 0.276. The molecule has 0 radical (unpaired) electrons. The topological polar surface area (TPSA) is 50.4 Å². The number of benzene rings is 1. The summed E-state index contributed by atoms with van der Waals surface area (Å²) in [4.78, 5) is 11.5. The van der Waals surface area contributed by atoms with Crippen molar-refractivity contribution in [1.29, 1.82) is 0 Å². The van der Waals surface area contributed by atoms with Crippen molar-refractivity contribution >= 4 is 11.7 Å². The Labute approximate surface area is 102 Å². The molecular formula is C13H18N2O2. The molecule has 0 saturated carbocycles. The number of rotatable bonds is 5. The van der Waals surface area contributed by atoms with E-state index in [1.54, 1.807) is 12.3 Å². The number of anilines is 1. The summed E-state index contributed by atoms with van der Waals surface area (Å²) in [5.74, 6) is 0.671. The molecule has 0 aliphatic heterocycles. The Kier molecular flexibility index (Phi) is 5.64. The van der Waals surface area contributed by atoms with Crippen molar-refractivity contribution in [3.63, 3.8) is 0 Å². The maximum absolute atomic E-state index is 11.5. The highest BCUT2D eigenvalue weighted by molar-refractivity contribution is 5.91. The highest BCUT2D eigenvalue weighted by Crippen LogP contribution is 2.23. The van der Waals surface area contributed by atoms with Crippen molar-refractivity contribution in [3.05, 3.63) is 36.5 Å². The fourth-order valence-corrected chi connectivity index (χ4v) is 1.26. The SMILES string of the molecule is CC/C=C/NC(=O)Nc1ccccc1OCC. The standard InChI is InChI=1S/C13H18N2O2/c1-3-5-10-14-13(16)15-11-8-6-7-9-12(11)17-4-2/h5-10H,3-4H2,1-2H3,(H2,14,15,16)/b10-5+. The van der Waals surface area contributed by atoms with Crippen LogP contribution in [0.2, 0.25) is 0 Å². The fourth-order valence-electron chi connectivity index (χ4n) is 1.26. The van der Waals surface area contributed by atoms with Crippen molar-refractivity contribution in [2.45, 2.75) is 20.3 Å². The van der Waals surface area contributed by atoms with E-state index in [9.17, 15) is 4.79 Å². The summed E-state index contributed by atoms with van der Waals surface area (Å²) in [6, 6.07) is 7.06. The molecule has 1 aromatic rings.